The first-order chi connectivity index (χ1) is 10.0. The Balaban J connectivity index is 1.91. The van der Waals surface area contributed by atoms with E-state index in [4.69, 9.17) is 0 Å². The first-order valence-corrected chi connectivity index (χ1v) is 8.14. The number of sulfonamides is 1. The van der Waals surface area contributed by atoms with Crippen LogP contribution in [0.2, 0.25) is 0 Å². The molecule has 5 nitrogen and oxygen atoms in total. The summed E-state index contributed by atoms with van der Waals surface area (Å²) in [6, 6.07) is 8.25. The maximum absolute atomic E-state index is 12.6. The zero-order valence-corrected chi connectivity index (χ0v) is 12.7. The summed E-state index contributed by atoms with van der Waals surface area (Å²) >= 11 is 0. The molecule has 1 atom stereocenters. The number of hydrogen-bond acceptors (Lipinski definition) is 4. The van der Waals surface area contributed by atoms with Gasteiger partial charge in [-0.2, -0.15) is 13.2 Å². The van der Waals surface area contributed by atoms with Crippen molar-refractivity contribution in [1.82, 2.24) is 4.90 Å². The van der Waals surface area contributed by atoms with E-state index < -0.39 is 33.6 Å². The molecule has 1 aromatic rings. The van der Waals surface area contributed by atoms with Crippen molar-refractivity contribution in [2.45, 2.75) is 24.0 Å². The molecule has 0 unspecified atom stereocenters. The number of nitrogens with one attached hydrogen (secondary N) is 1. The third kappa shape index (κ3) is 3.71. The highest BCUT2D eigenvalue weighted by molar-refractivity contribution is 7.93. The number of anilines is 1. The Kier molecular flexibility index (Phi) is 4.42. The predicted molar refractivity (Wildman–Crippen MR) is 75.9 cm³/mol. The standard InChI is InChI=1S/C13H17F3N2O3S/c1-12(19,13(14,15)16)9-18-7-11(8-18)22(20,21)17-10-5-3-2-4-6-10/h2-6,11,17,19H,7-9H2,1H3/t12-/m0/s1. The van der Waals surface area contributed by atoms with E-state index in [0.717, 1.165) is 0 Å². The minimum Gasteiger partial charge on any atom is -0.380 e. The van der Waals surface area contributed by atoms with Crippen molar-refractivity contribution >= 4 is 15.7 Å². The number of hydrogen-bond donors (Lipinski definition) is 2. The van der Waals surface area contributed by atoms with Gasteiger partial charge in [0, 0.05) is 25.3 Å². The monoisotopic (exact) mass is 338 g/mol. The van der Waals surface area contributed by atoms with Crippen LogP contribution in [-0.4, -0.2) is 55.1 Å². The lowest BCUT2D eigenvalue weighted by atomic mass is 10.0. The molecule has 0 aliphatic carbocycles. The fourth-order valence-corrected chi connectivity index (χ4v) is 3.57. The lowest BCUT2D eigenvalue weighted by Crippen LogP contribution is -2.62. The molecule has 1 aliphatic heterocycles. The molecule has 1 saturated heterocycles. The van der Waals surface area contributed by atoms with Gasteiger partial charge < -0.3 is 5.11 Å². The molecule has 0 saturated carbocycles. The lowest BCUT2D eigenvalue weighted by molar-refractivity contribution is -0.259. The summed E-state index contributed by atoms with van der Waals surface area (Å²) in [5.74, 6) is 0. The largest absolute Gasteiger partial charge is 0.418 e. The van der Waals surface area contributed by atoms with Crippen LogP contribution in [0.4, 0.5) is 18.9 Å². The number of likely N-dealkylation sites (tertiary alicyclic amines) is 1. The number of para-hydroxylation sites is 1. The fourth-order valence-electron chi connectivity index (χ4n) is 2.13. The van der Waals surface area contributed by atoms with Crippen LogP contribution in [0.5, 0.6) is 0 Å². The number of rotatable bonds is 5. The van der Waals surface area contributed by atoms with Crippen LogP contribution >= 0.6 is 0 Å². The maximum atomic E-state index is 12.6. The Morgan fingerprint density at radius 3 is 2.32 bits per heavy atom. The van der Waals surface area contributed by atoms with Crippen LogP contribution in [0.15, 0.2) is 30.3 Å². The molecule has 0 amide bonds. The van der Waals surface area contributed by atoms with E-state index >= 15 is 0 Å². The van der Waals surface area contributed by atoms with Crippen LogP contribution < -0.4 is 4.72 Å². The molecule has 0 radical (unpaired) electrons. The highest BCUT2D eigenvalue weighted by Crippen LogP contribution is 2.32. The van der Waals surface area contributed by atoms with Crippen molar-refractivity contribution in [1.29, 1.82) is 0 Å². The summed E-state index contributed by atoms with van der Waals surface area (Å²) in [5.41, 5.74) is -2.45. The Morgan fingerprint density at radius 2 is 1.82 bits per heavy atom. The second-order valence-corrected chi connectivity index (χ2v) is 7.56. The zero-order valence-electron chi connectivity index (χ0n) is 11.8. The molecule has 9 heteroatoms. The van der Waals surface area contributed by atoms with Crippen molar-refractivity contribution in [3.05, 3.63) is 30.3 Å². The van der Waals surface area contributed by atoms with Gasteiger partial charge in [-0.1, -0.05) is 18.2 Å². The number of alkyl halides is 3. The quantitative estimate of drug-likeness (QED) is 0.852. The molecule has 0 bridgehead atoms. The number of nitrogens with zero attached hydrogens (tertiary/aromatic N) is 1. The summed E-state index contributed by atoms with van der Waals surface area (Å²) < 4.78 is 64.2. The average Bonchev–Trinajstić information content (AvgIpc) is 2.32. The van der Waals surface area contributed by atoms with Gasteiger partial charge in [-0.3, -0.25) is 9.62 Å². The molecule has 22 heavy (non-hydrogen) atoms. The summed E-state index contributed by atoms with van der Waals surface area (Å²) in [7, 11) is -3.66. The molecule has 1 aliphatic rings. The van der Waals surface area contributed by atoms with Gasteiger partial charge in [0.2, 0.25) is 10.0 Å². The van der Waals surface area contributed by atoms with Gasteiger partial charge in [0.15, 0.2) is 5.60 Å². The van der Waals surface area contributed by atoms with Gasteiger partial charge in [-0.15, -0.1) is 0 Å². The van der Waals surface area contributed by atoms with E-state index in [0.29, 0.717) is 12.6 Å². The van der Waals surface area contributed by atoms with E-state index in [1.54, 1.807) is 30.3 Å². The van der Waals surface area contributed by atoms with Crippen LogP contribution in [0.3, 0.4) is 0 Å². The topological polar surface area (TPSA) is 69.6 Å². The van der Waals surface area contributed by atoms with Crippen molar-refractivity contribution in [3.63, 3.8) is 0 Å². The Labute approximate surface area is 126 Å². The third-order valence-electron chi connectivity index (χ3n) is 3.54. The van der Waals surface area contributed by atoms with Crippen molar-refractivity contribution < 1.29 is 26.7 Å². The highest BCUT2D eigenvalue weighted by Gasteiger charge is 2.52. The number of β-amino-alcohol motifs (C(OH)–C–C–N with tert-alkyl or cyclic N) is 1. The lowest BCUT2D eigenvalue weighted by Gasteiger charge is -2.42. The fraction of sp³-hybridized carbons (Fsp3) is 0.538. The smallest absolute Gasteiger partial charge is 0.380 e. The SMILES string of the molecule is C[C@](O)(CN1CC(S(=O)(=O)Nc2ccccc2)C1)C(F)(F)F. The molecular weight excluding hydrogens is 321 g/mol. The molecule has 2 N–H and O–H groups in total. The summed E-state index contributed by atoms with van der Waals surface area (Å²) in [5, 5.41) is 8.58. The average molecular weight is 338 g/mol. The number of aliphatic hydroxyl groups is 1. The maximum Gasteiger partial charge on any atom is 0.418 e. The van der Waals surface area contributed by atoms with Gasteiger partial charge >= 0.3 is 6.18 Å². The molecule has 1 fully saturated rings. The first-order valence-electron chi connectivity index (χ1n) is 6.59. The van der Waals surface area contributed by atoms with Crippen LogP contribution in [-0.2, 0) is 10.0 Å². The van der Waals surface area contributed by atoms with Gasteiger partial charge in [0.25, 0.3) is 0 Å². The van der Waals surface area contributed by atoms with Crippen molar-refractivity contribution in [2.24, 2.45) is 0 Å². The minimum absolute atomic E-state index is 0.0472. The summed E-state index contributed by atoms with van der Waals surface area (Å²) in [4.78, 5) is 1.27. The molecular formula is C13H17F3N2O3S. The predicted octanol–water partition coefficient (Wildman–Crippen LogP) is 1.43. The molecule has 1 aromatic carbocycles. The van der Waals surface area contributed by atoms with Crippen LogP contribution in [0.1, 0.15) is 6.92 Å². The highest BCUT2D eigenvalue weighted by atomic mass is 32.2. The first kappa shape index (κ1) is 17.0. The molecule has 1 heterocycles. The Morgan fingerprint density at radius 1 is 1.27 bits per heavy atom. The zero-order chi connectivity index (χ0) is 16.6. The van der Waals surface area contributed by atoms with Gasteiger partial charge in [-0.25, -0.2) is 8.42 Å². The van der Waals surface area contributed by atoms with Crippen molar-refractivity contribution in [3.8, 4) is 0 Å². The van der Waals surface area contributed by atoms with Gasteiger partial charge in [0.05, 0.1) is 0 Å². The van der Waals surface area contributed by atoms with Crippen molar-refractivity contribution in [2.75, 3.05) is 24.4 Å². The number of halogens is 3. The minimum atomic E-state index is -4.75. The Bertz CT molecular complexity index is 611. The third-order valence-corrected chi connectivity index (χ3v) is 5.23. The summed E-state index contributed by atoms with van der Waals surface area (Å²) in [6.07, 6.45) is -4.75. The van der Waals surface area contributed by atoms with E-state index in [1.807, 2.05) is 0 Å². The second-order valence-electron chi connectivity index (χ2n) is 5.60. The Hall–Kier alpha value is -1.32. The number of benzene rings is 1. The van der Waals surface area contributed by atoms with E-state index in [9.17, 15) is 26.7 Å². The van der Waals surface area contributed by atoms with Gasteiger partial charge in [-0.05, 0) is 19.1 Å². The van der Waals surface area contributed by atoms with Crippen LogP contribution in [0.25, 0.3) is 0 Å². The second kappa shape index (κ2) is 5.71. The normalized spacial score (nSPS) is 20.2. The summed E-state index contributed by atoms with van der Waals surface area (Å²) in [6.45, 7) is -0.0618. The molecule has 0 spiro atoms. The molecule has 2 rings (SSSR count). The van der Waals surface area contributed by atoms with E-state index in [1.165, 1.54) is 4.90 Å². The van der Waals surface area contributed by atoms with E-state index in [-0.39, 0.29) is 13.1 Å². The van der Waals surface area contributed by atoms with E-state index in [2.05, 4.69) is 4.72 Å². The molecule has 0 aromatic heterocycles. The van der Waals surface area contributed by atoms with Crippen LogP contribution in [0, 0.1) is 0 Å². The van der Waals surface area contributed by atoms with Gasteiger partial charge in [0.1, 0.15) is 5.25 Å². The molecule has 124 valence electrons.